The van der Waals surface area contributed by atoms with Crippen LogP contribution >= 0.6 is 15.9 Å². The maximum absolute atomic E-state index is 12.9. The van der Waals surface area contributed by atoms with Crippen molar-refractivity contribution >= 4 is 15.9 Å². The van der Waals surface area contributed by atoms with Gasteiger partial charge < -0.3 is 10.5 Å². The van der Waals surface area contributed by atoms with Gasteiger partial charge in [-0.15, -0.1) is 13.2 Å². The van der Waals surface area contributed by atoms with Gasteiger partial charge in [-0.05, 0) is 22.0 Å². The topological polar surface area (TPSA) is 48.1 Å². The Balaban J connectivity index is 3.08. The molecule has 0 spiro atoms. The Morgan fingerprint density at radius 1 is 1.47 bits per heavy atom. The first-order valence-corrected chi connectivity index (χ1v) is 4.43. The third kappa shape index (κ3) is 3.31. The molecule has 0 fully saturated rings. The molecule has 0 unspecified atom stereocenters. The minimum atomic E-state index is -4.98. The van der Waals surface area contributed by atoms with Gasteiger partial charge in [-0.3, -0.25) is 0 Å². The number of nitrogens with two attached hydrogens (primary N) is 1. The smallest absolute Gasteiger partial charge is 0.385 e. The van der Waals surface area contributed by atoms with Crippen LogP contribution in [0.2, 0.25) is 0 Å². The summed E-state index contributed by atoms with van der Waals surface area (Å²) in [6, 6.07) is 0.816. The van der Waals surface area contributed by atoms with Crippen molar-refractivity contribution in [2.24, 2.45) is 5.73 Å². The highest BCUT2D eigenvalue weighted by Crippen LogP contribution is 2.27. The van der Waals surface area contributed by atoms with Crippen molar-refractivity contribution in [1.29, 1.82) is 0 Å². The molecule has 0 saturated carbocycles. The van der Waals surface area contributed by atoms with Crippen LogP contribution < -0.4 is 10.5 Å². The summed E-state index contributed by atoms with van der Waals surface area (Å²) < 4.78 is 51.9. The summed E-state index contributed by atoms with van der Waals surface area (Å²) in [5, 5.41) is 0. The highest BCUT2D eigenvalue weighted by atomic mass is 79.9. The van der Waals surface area contributed by atoms with Crippen molar-refractivity contribution < 1.29 is 22.3 Å². The number of pyridine rings is 1. The molecule has 3 nitrogen and oxygen atoms in total. The number of halogens is 5. The molecule has 84 valence electrons. The van der Waals surface area contributed by atoms with E-state index in [0.717, 1.165) is 6.07 Å². The maximum atomic E-state index is 12.9. The molecule has 0 aliphatic heterocycles. The van der Waals surface area contributed by atoms with Gasteiger partial charge in [0.2, 0.25) is 0 Å². The van der Waals surface area contributed by atoms with E-state index in [1.807, 2.05) is 0 Å². The number of aromatic nitrogens is 1. The maximum Gasteiger partial charge on any atom is 0.574 e. The van der Waals surface area contributed by atoms with Crippen LogP contribution in [0.15, 0.2) is 10.5 Å². The Hall–Kier alpha value is -0.890. The Bertz CT molecular complexity index is 369. The largest absolute Gasteiger partial charge is 0.574 e. The fourth-order valence-electron chi connectivity index (χ4n) is 0.810. The van der Waals surface area contributed by atoms with Crippen LogP contribution in [0.25, 0.3) is 0 Å². The molecule has 0 aliphatic rings. The molecule has 0 radical (unpaired) electrons. The monoisotopic (exact) mass is 288 g/mol. The van der Waals surface area contributed by atoms with Gasteiger partial charge >= 0.3 is 6.36 Å². The molecule has 0 saturated heterocycles. The summed E-state index contributed by atoms with van der Waals surface area (Å²) in [6.07, 6.45) is -4.98. The number of alkyl halides is 3. The minimum absolute atomic E-state index is 0.0793. The first-order chi connectivity index (χ1) is 6.83. The van der Waals surface area contributed by atoms with Crippen molar-refractivity contribution in [3.63, 3.8) is 0 Å². The molecule has 15 heavy (non-hydrogen) atoms. The Labute approximate surface area is 90.4 Å². The lowest BCUT2D eigenvalue weighted by Crippen LogP contribution is -2.19. The quantitative estimate of drug-likeness (QED) is 0.850. The third-order valence-corrected chi connectivity index (χ3v) is 2.06. The van der Waals surface area contributed by atoms with E-state index in [0.29, 0.717) is 0 Å². The van der Waals surface area contributed by atoms with Gasteiger partial charge in [0.1, 0.15) is 0 Å². The van der Waals surface area contributed by atoms with Gasteiger partial charge in [0, 0.05) is 11.0 Å². The molecule has 0 aromatic carbocycles. The van der Waals surface area contributed by atoms with Gasteiger partial charge in [0.25, 0.3) is 5.88 Å². The summed E-state index contributed by atoms with van der Waals surface area (Å²) in [6.45, 7) is -0.130. The second kappa shape index (κ2) is 4.31. The number of rotatable bonds is 2. The fraction of sp³-hybridized carbons (Fsp3) is 0.286. The summed E-state index contributed by atoms with van der Waals surface area (Å²) >= 11 is 2.90. The van der Waals surface area contributed by atoms with Crippen molar-refractivity contribution in [3.05, 3.63) is 22.1 Å². The molecule has 1 aromatic rings. The standard InChI is InChI=1S/C7H5BrF4N2O/c8-3-1-4(9)6(14-5(3)2-13)15-7(10,11)12/h1H,2,13H2. The van der Waals surface area contributed by atoms with Crippen molar-refractivity contribution in [1.82, 2.24) is 4.98 Å². The highest BCUT2D eigenvalue weighted by Gasteiger charge is 2.33. The number of hydrogen-bond donors (Lipinski definition) is 1. The average Bonchev–Trinajstić information content (AvgIpc) is 2.07. The second-order valence-electron chi connectivity index (χ2n) is 2.46. The van der Waals surface area contributed by atoms with Gasteiger partial charge in [-0.1, -0.05) is 0 Å². The minimum Gasteiger partial charge on any atom is -0.385 e. The summed E-state index contributed by atoms with van der Waals surface area (Å²) in [5.41, 5.74) is 5.26. The number of nitrogens with zero attached hydrogens (tertiary/aromatic N) is 1. The zero-order valence-corrected chi connectivity index (χ0v) is 8.69. The molecule has 1 aromatic heterocycles. The average molecular weight is 289 g/mol. The van der Waals surface area contributed by atoms with E-state index < -0.39 is 18.1 Å². The molecule has 0 amide bonds. The normalized spacial score (nSPS) is 11.6. The van der Waals surface area contributed by atoms with Crippen molar-refractivity contribution in [2.75, 3.05) is 0 Å². The van der Waals surface area contributed by atoms with E-state index in [9.17, 15) is 17.6 Å². The molecule has 0 atom stereocenters. The molecular weight excluding hydrogens is 284 g/mol. The first-order valence-electron chi connectivity index (χ1n) is 3.64. The van der Waals surface area contributed by atoms with Crippen LogP contribution in [0.5, 0.6) is 5.88 Å². The van der Waals surface area contributed by atoms with Crippen molar-refractivity contribution in [3.8, 4) is 5.88 Å². The Morgan fingerprint density at radius 3 is 2.53 bits per heavy atom. The van der Waals surface area contributed by atoms with E-state index in [1.54, 1.807) is 0 Å². The van der Waals surface area contributed by atoms with Crippen LogP contribution in [0.4, 0.5) is 17.6 Å². The Kier molecular flexibility index (Phi) is 3.50. The molecule has 1 heterocycles. The molecule has 2 N–H and O–H groups in total. The lowest BCUT2D eigenvalue weighted by atomic mass is 10.3. The van der Waals surface area contributed by atoms with Gasteiger partial charge in [0.15, 0.2) is 5.82 Å². The summed E-state index contributed by atoms with van der Waals surface area (Å²) in [7, 11) is 0. The van der Waals surface area contributed by atoms with Crippen LogP contribution in [-0.4, -0.2) is 11.3 Å². The van der Waals surface area contributed by atoms with Crippen LogP contribution in [0.1, 0.15) is 5.69 Å². The van der Waals surface area contributed by atoms with Crippen LogP contribution in [-0.2, 0) is 6.54 Å². The molecule has 1 rings (SSSR count). The van der Waals surface area contributed by atoms with Crippen LogP contribution in [0.3, 0.4) is 0 Å². The van der Waals surface area contributed by atoms with Gasteiger partial charge in [-0.2, -0.15) is 0 Å². The lowest BCUT2D eigenvalue weighted by molar-refractivity contribution is -0.277. The predicted molar refractivity (Wildman–Crippen MR) is 46.5 cm³/mol. The Morgan fingerprint density at radius 2 is 2.07 bits per heavy atom. The van der Waals surface area contributed by atoms with E-state index in [-0.39, 0.29) is 16.7 Å². The zero-order valence-electron chi connectivity index (χ0n) is 7.11. The summed E-state index contributed by atoms with van der Waals surface area (Å²) in [4.78, 5) is 3.29. The second-order valence-corrected chi connectivity index (χ2v) is 3.31. The fourth-order valence-corrected chi connectivity index (χ4v) is 1.26. The van der Waals surface area contributed by atoms with E-state index in [4.69, 9.17) is 5.73 Å². The number of hydrogen-bond acceptors (Lipinski definition) is 3. The lowest BCUT2D eigenvalue weighted by Gasteiger charge is -2.10. The number of ether oxygens (including phenoxy) is 1. The van der Waals surface area contributed by atoms with E-state index in [1.165, 1.54) is 0 Å². The third-order valence-electron chi connectivity index (χ3n) is 1.38. The molecule has 0 aliphatic carbocycles. The summed E-state index contributed by atoms with van der Waals surface area (Å²) in [5.74, 6) is -2.34. The van der Waals surface area contributed by atoms with Gasteiger partial charge in [0.05, 0.1) is 5.69 Å². The van der Waals surface area contributed by atoms with E-state index in [2.05, 4.69) is 25.7 Å². The van der Waals surface area contributed by atoms with Gasteiger partial charge in [-0.25, -0.2) is 9.37 Å². The predicted octanol–water partition coefficient (Wildman–Crippen LogP) is 2.34. The molecule has 8 heteroatoms. The highest BCUT2D eigenvalue weighted by molar-refractivity contribution is 9.10. The van der Waals surface area contributed by atoms with Crippen molar-refractivity contribution in [2.45, 2.75) is 12.9 Å². The van der Waals surface area contributed by atoms with Crippen LogP contribution in [0, 0.1) is 5.82 Å². The molecule has 0 bridgehead atoms. The SMILES string of the molecule is NCc1nc(OC(F)(F)F)c(F)cc1Br. The molecular formula is C7H5BrF4N2O. The van der Waals surface area contributed by atoms with E-state index >= 15 is 0 Å². The first kappa shape index (κ1) is 12.2. The zero-order chi connectivity index (χ0) is 11.6.